The molecule has 2 atom stereocenters. The van der Waals surface area contributed by atoms with Crippen LogP contribution in [0.5, 0.6) is 0 Å². The Morgan fingerprint density at radius 3 is 2.48 bits per heavy atom. The third kappa shape index (κ3) is 4.98. The predicted octanol–water partition coefficient (Wildman–Crippen LogP) is -0.455. The standard InChI is InChI=1S/C17H17N5O8S/c1-9-7-12(19-30-9)20-31(28,29)21-17(27)22-8-11(15(22)24)18-14(23)13(16(25)26)10-5-3-2-4-6-10/h2-7,11,13H,8H2,1H3,(H,18,23)(H,19,20)(H,21,27)(H,25,26). The van der Waals surface area contributed by atoms with Crippen molar-refractivity contribution in [2.75, 3.05) is 11.3 Å². The van der Waals surface area contributed by atoms with Gasteiger partial charge in [-0.25, -0.2) is 14.2 Å². The number of aromatic nitrogens is 1. The molecule has 1 aromatic carbocycles. The van der Waals surface area contributed by atoms with Crippen LogP contribution in [0, 0.1) is 6.92 Å². The van der Waals surface area contributed by atoms with Crippen molar-refractivity contribution in [3.8, 4) is 0 Å². The van der Waals surface area contributed by atoms with Gasteiger partial charge in [-0.15, -0.1) is 0 Å². The largest absolute Gasteiger partial charge is 0.480 e. The minimum atomic E-state index is -4.40. The first-order chi connectivity index (χ1) is 14.6. The maximum atomic E-state index is 12.4. The summed E-state index contributed by atoms with van der Waals surface area (Å²) >= 11 is 0. The number of hydrogen-bond acceptors (Lipinski definition) is 8. The number of aryl methyl sites for hydroxylation is 1. The fourth-order valence-corrected chi connectivity index (χ4v) is 3.53. The van der Waals surface area contributed by atoms with Gasteiger partial charge in [0.05, 0.1) is 6.54 Å². The molecule has 1 aliphatic heterocycles. The summed E-state index contributed by atoms with van der Waals surface area (Å²) in [6.45, 7) is 1.19. The number of urea groups is 1. The first-order valence-corrected chi connectivity index (χ1v) is 10.2. The average molecular weight is 451 g/mol. The molecule has 1 aromatic heterocycles. The number of aliphatic carboxylic acids is 1. The van der Waals surface area contributed by atoms with Crippen molar-refractivity contribution in [3.63, 3.8) is 0 Å². The van der Waals surface area contributed by atoms with E-state index in [1.54, 1.807) is 22.9 Å². The second kappa shape index (κ2) is 8.43. The zero-order chi connectivity index (χ0) is 22.8. The molecule has 2 unspecified atom stereocenters. The maximum Gasteiger partial charge on any atom is 0.339 e. The summed E-state index contributed by atoms with van der Waals surface area (Å²) in [7, 11) is -4.40. The lowest BCUT2D eigenvalue weighted by Crippen LogP contribution is -2.68. The summed E-state index contributed by atoms with van der Waals surface area (Å²) in [6, 6.07) is 6.54. The lowest BCUT2D eigenvalue weighted by molar-refractivity contribution is -0.147. The molecule has 0 saturated carbocycles. The molecule has 0 radical (unpaired) electrons. The van der Waals surface area contributed by atoms with E-state index >= 15 is 0 Å². The highest BCUT2D eigenvalue weighted by molar-refractivity contribution is 7.91. The number of likely N-dealkylation sites (tertiary alicyclic amines) is 1. The maximum absolute atomic E-state index is 12.4. The van der Waals surface area contributed by atoms with E-state index in [9.17, 15) is 32.7 Å². The van der Waals surface area contributed by atoms with Gasteiger partial charge in [0.2, 0.25) is 5.91 Å². The van der Waals surface area contributed by atoms with E-state index in [1.807, 2.05) is 4.72 Å². The summed E-state index contributed by atoms with van der Waals surface area (Å²) < 4.78 is 32.2. The molecule has 2 aromatic rings. The molecule has 1 fully saturated rings. The zero-order valence-electron chi connectivity index (χ0n) is 15.9. The van der Waals surface area contributed by atoms with Crippen molar-refractivity contribution in [2.24, 2.45) is 0 Å². The first kappa shape index (κ1) is 21.8. The second-order valence-corrected chi connectivity index (χ2v) is 7.94. The summed E-state index contributed by atoms with van der Waals surface area (Å²) in [5, 5.41) is 15.0. The number of β-lactam (4-membered cyclic amide) rings is 1. The Labute approximate surface area is 175 Å². The van der Waals surface area contributed by atoms with Crippen molar-refractivity contribution in [1.82, 2.24) is 20.1 Å². The van der Waals surface area contributed by atoms with Crippen LogP contribution in [-0.4, -0.2) is 60.0 Å². The van der Waals surface area contributed by atoms with Crippen LogP contribution in [-0.2, 0) is 24.6 Å². The van der Waals surface area contributed by atoms with Crippen LogP contribution in [0.4, 0.5) is 10.6 Å². The molecule has 164 valence electrons. The van der Waals surface area contributed by atoms with Gasteiger partial charge in [0.15, 0.2) is 11.7 Å². The van der Waals surface area contributed by atoms with Crippen molar-refractivity contribution < 1.29 is 37.2 Å². The molecule has 14 heteroatoms. The van der Waals surface area contributed by atoms with Gasteiger partial charge in [0.1, 0.15) is 11.8 Å². The van der Waals surface area contributed by atoms with Crippen LogP contribution in [0.3, 0.4) is 0 Å². The van der Waals surface area contributed by atoms with Crippen LogP contribution >= 0.6 is 0 Å². The second-order valence-electron chi connectivity index (χ2n) is 6.53. The van der Waals surface area contributed by atoms with Crippen LogP contribution in [0.15, 0.2) is 40.9 Å². The minimum Gasteiger partial charge on any atom is -0.480 e. The number of rotatable bonds is 7. The quantitative estimate of drug-likeness (QED) is 0.319. The predicted molar refractivity (Wildman–Crippen MR) is 103 cm³/mol. The van der Waals surface area contributed by atoms with Gasteiger partial charge in [-0.1, -0.05) is 35.5 Å². The first-order valence-electron chi connectivity index (χ1n) is 8.75. The van der Waals surface area contributed by atoms with Gasteiger partial charge in [0.25, 0.3) is 5.91 Å². The van der Waals surface area contributed by atoms with E-state index in [1.165, 1.54) is 25.1 Å². The molecular weight excluding hydrogens is 434 g/mol. The van der Waals surface area contributed by atoms with Gasteiger partial charge in [0, 0.05) is 6.07 Å². The lowest BCUT2D eigenvalue weighted by Gasteiger charge is -2.36. The normalized spacial score (nSPS) is 16.7. The number of anilines is 1. The van der Waals surface area contributed by atoms with Crippen molar-refractivity contribution >= 4 is 39.8 Å². The highest BCUT2D eigenvalue weighted by Gasteiger charge is 2.44. The van der Waals surface area contributed by atoms with Gasteiger partial charge in [-0.3, -0.25) is 19.3 Å². The van der Waals surface area contributed by atoms with Gasteiger partial charge in [-0.2, -0.15) is 8.42 Å². The van der Waals surface area contributed by atoms with E-state index < -0.39 is 46.0 Å². The number of nitrogens with one attached hydrogen (secondary N) is 3. The molecule has 3 rings (SSSR count). The van der Waals surface area contributed by atoms with E-state index in [2.05, 4.69) is 10.5 Å². The topological polar surface area (TPSA) is 188 Å². The molecule has 1 aliphatic rings. The number of carbonyl (C=O) groups excluding carboxylic acids is 3. The Kier molecular flexibility index (Phi) is 5.92. The molecule has 4 N–H and O–H groups in total. The van der Waals surface area contributed by atoms with Gasteiger partial charge < -0.3 is 14.9 Å². The van der Waals surface area contributed by atoms with Gasteiger partial charge in [-0.05, 0) is 12.5 Å². The number of hydrogen-bond donors (Lipinski definition) is 4. The highest BCUT2D eigenvalue weighted by Crippen LogP contribution is 2.18. The number of carbonyl (C=O) groups is 4. The molecule has 0 bridgehead atoms. The molecule has 2 heterocycles. The van der Waals surface area contributed by atoms with E-state index in [0.717, 1.165) is 0 Å². The van der Waals surface area contributed by atoms with Crippen molar-refractivity contribution in [1.29, 1.82) is 0 Å². The zero-order valence-corrected chi connectivity index (χ0v) is 16.8. The average Bonchev–Trinajstić information content (AvgIpc) is 3.08. The Morgan fingerprint density at radius 2 is 1.94 bits per heavy atom. The van der Waals surface area contributed by atoms with E-state index in [-0.39, 0.29) is 17.9 Å². The van der Waals surface area contributed by atoms with Crippen molar-refractivity contribution in [3.05, 3.63) is 47.7 Å². The lowest BCUT2D eigenvalue weighted by atomic mass is 9.97. The Hall–Kier alpha value is -3.94. The Balaban J connectivity index is 1.57. The van der Waals surface area contributed by atoms with Crippen LogP contribution < -0.4 is 14.8 Å². The number of nitrogens with zero attached hydrogens (tertiary/aromatic N) is 2. The van der Waals surface area contributed by atoms with E-state index in [4.69, 9.17) is 4.52 Å². The molecule has 4 amide bonds. The van der Waals surface area contributed by atoms with Crippen LogP contribution in [0.25, 0.3) is 0 Å². The monoisotopic (exact) mass is 451 g/mol. The third-order valence-corrected chi connectivity index (χ3v) is 5.14. The van der Waals surface area contributed by atoms with Crippen LogP contribution in [0.1, 0.15) is 17.2 Å². The summed E-state index contributed by atoms with van der Waals surface area (Å²) in [6.07, 6.45) is 0. The molecule has 0 spiro atoms. The number of carboxylic acid groups (broad SMARTS) is 1. The Morgan fingerprint density at radius 1 is 1.26 bits per heavy atom. The molecule has 0 aliphatic carbocycles. The molecule has 1 saturated heterocycles. The third-order valence-electron chi connectivity index (χ3n) is 4.22. The van der Waals surface area contributed by atoms with Crippen LogP contribution in [0.2, 0.25) is 0 Å². The van der Waals surface area contributed by atoms with E-state index in [0.29, 0.717) is 10.7 Å². The summed E-state index contributed by atoms with van der Waals surface area (Å²) in [5.41, 5.74) is 0.217. The molecule has 31 heavy (non-hydrogen) atoms. The highest BCUT2D eigenvalue weighted by atomic mass is 32.2. The Bertz CT molecular complexity index is 1130. The van der Waals surface area contributed by atoms with Gasteiger partial charge >= 0.3 is 22.2 Å². The SMILES string of the molecule is Cc1cc(NS(=O)(=O)NC(=O)N2CC(NC(=O)C(C(=O)O)c3ccccc3)C2=O)no1. The summed E-state index contributed by atoms with van der Waals surface area (Å²) in [4.78, 5) is 48.6. The number of benzene rings is 1. The smallest absolute Gasteiger partial charge is 0.339 e. The number of amides is 4. The number of imide groups is 1. The minimum absolute atomic E-state index is 0.168. The van der Waals surface area contributed by atoms with Crippen molar-refractivity contribution in [2.45, 2.75) is 18.9 Å². The number of carboxylic acids is 1. The fourth-order valence-electron chi connectivity index (χ4n) is 2.77. The summed E-state index contributed by atoms with van der Waals surface area (Å²) in [5.74, 6) is -4.63. The molecular formula is C17H17N5O8S. The fraction of sp³-hybridized carbons (Fsp3) is 0.235. The molecule has 13 nitrogen and oxygen atoms in total.